The minimum atomic E-state index is -1.23. The molecule has 8 nitrogen and oxygen atoms in total. The number of carboxylic acid groups (broad SMARTS) is 2. The molecule has 8 heteroatoms. The fourth-order valence-corrected chi connectivity index (χ4v) is 4.27. The second-order valence-electron chi connectivity index (χ2n) is 8.13. The molecule has 4 aromatic rings. The second-order valence-corrected chi connectivity index (χ2v) is 8.13. The molecule has 0 amide bonds. The maximum absolute atomic E-state index is 13.4. The minimum absolute atomic E-state index is 0.0793. The third kappa shape index (κ3) is 4.29. The Morgan fingerprint density at radius 1 is 0.629 bits per heavy atom. The SMILES string of the molecule is Cc1c(C(=O)O)[nH]c(Cc2[nH]c(C(=O)O)c(C)c2C(=O)c2ccccc2)c1C(=O)c1ccccc1. The van der Waals surface area contributed by atoms with E-state index in [1.54, 1.807) is 60.7 Å². The number of aromatic carboxylic acids is 2. The molecule has 0 fully saturated rings. The van der Waals surface area contributed by atoms with E-state index in [2.05, 4.69) is 9.97 Å². The topological polar surface area (TPSA) is 140 Å². The monoisotopic (exact) mass is 470 g/mol. The average Bonchev–Trinajstić information content (AvgIpc) is 3.35. The molecule has 0 unspecified atom stereocenters. The Morgan fingerprint density at radius 2 is 0.971 bits per heavy atom. The first-order valence-electron chi connectivity index (χ1n) is 10.8. The van der Waals surface area contributed by atoms with Crippen LogP contribution < -0.4 is 0 Å². The molecule has 0 saturated heterocycles. The summed E-state index contributed by atoms with van der Waals surface area (Å²) >= 11 is 0. The molecule has 2 heterocycles. The molecule has 0 aliphatic carbocycles. The summed E-state index contributed by atoms with van der Waals surface area (Å²) in [5.41, 5.74) is 1.89. The maximum Gasteiger partial charge on any atom is 0.352 e. The van der Waals surface area contributed by atoms with Crippen molar-refractivity contribution in [1.29, 1.82) is 0 Å². The summed E-state index contributed by atoms with van der Waals surface area (Å²) in [5, 5.41) is 19.3. The molecule has 4 rings (SSSR count). The van der Waals surface area contributed by atoms with Crippen LogP contribution in [-0.4, -0.2) is 43.7 Å². The van der Waals surface area contributed by atoms with Crippen molar-refractivity contribution in [3.05, 3.63) is 117 Å². The van der Waals surface area contributed by atoms with Crippen molar-refractivity contribution in [2.75, 3.05) is 0 Å². The summed E-state index contributed by atoms with van der Waals surface area (Å²) in [4.78, 5) is 56.0. The number of ketones is 2. The lowest BCUT2D eigenvalue weighted by atomic mass is 9.94. The van der Waals surface area contributed by atoms with Gasteiger partial charge < -0.3 is 20.2 Å². The summed E-state index contributed by atoms with van der Waals surface area (Å²) in [6, 6.07) is 16.9. The quantitative estimate of drug-likeness (QED) is 0.281. The molecule has 0 atom stereocenters. The van der Waals surface area contributed by atoms with Gasteiger partial charge in [-0.25, -0.2) is 9.59 Å². The zero-order chi connectivity index (χ0) is 25.3. The van der Waals surface area contributed by atoms with Crippen LogP contribution in [0.25, 0.3) is 0 Å². The summed E-state index contributed by atoms with van der Waals surface area (Å²) < 4.78 is 0. The van der Waals surface area contributed by atoms with E-state index in [1.807, 2.05) is 0 Å². The van der Waals surface area contributed by atoms with Gasteiger partial charge in [0, 0.05) is 40.1 Å². The summed E-state index contributed by atoms with van der Waals surface area (Å²) in [5.74, 6) is -3.21. The van der Waals surface area contributed by atoms with E-state index in [4.69, 9.17) is 0 Å². The Bertz CT molecular complexity index is 1350. The maximum atomic E-state index is 13.4. The number of benzene rings is 2. The van der Waals surface area contributed by atoms with Gasteiger partial charge in [-0.15, -0.1) is 0 Å². The highest BCUT2D eigenvalue weighted by Crippen LogP contribution is 2.28. The van der Waals surface area contributed by atoms with Gasteiger partial charge in [-0.1, -0.05) is 60.7 Å². The van der Waals surface area contributed by atoms with Crippen molar-refractivity contribution in [1.82, 2.24) is 9.97 Å². The lowest BCUT2D eigenvalue weighted by molar-refractivity contribution is 0.0679. The van der Waals surface area contributed by atoms with E-state index < -0.39 is 11.9 Å². The number of carboxylic acids is 2. The number of aromatic amines is 2. The zero-order valence-corrected chi connectivity index (χ0v) is 19.0. The van der Waals surface area contributed by atoms with Gasteiger partial charge in [-0.2, -0.15) is 0 Å². The van der Waals surface area contributed by atoms with Gasteiger partial charge in [0.05, 0.1) is 0 Å². The minimum Gasteiger partial charge on any atom is -0.477 e. The Hall–Kier alpha value is -4.72. The molecule has 0 spiro atoms. The van der Waals surface area contributed by atoms with Gasteiger partial charge in [-0.05, 0) is 25.0 Å². The van der Waals surface area contributed by atoms with Crippen LogP contribution in [0.15, 0.2) is 60.7 Å². The third-order valence-electron chi connectivity index (χ3n) is 5.96. The molecule has 4 N–H and O–H groups in total. The van der Waals surface area contributed by atoms with E-state index in [0.717, 1.165) is 0 Å². The molecule has 0 saturated carbocycles. The van der Waals surface area contributed by atoms with Gasteiger partial charge in [0.25, 0.3) is 0 Å². The molecule has 0 aliphatic rings. The highest BCUT2D eigenvalue weighted by Gasteiger charge is 2.29. The largest absolute Gasteiger partial charge is 0.477 e. The molecular formula is C27H22N2O6. The lowest BCUT2D eigenvalue weighted by Crippen LogP contribution is -2.09. The van der Waals surface area contributed by atoms with Crippen LogP contribution in [0.1, 0.15) is 75.3 Å². The van der Waals surface area contributed by atoms with E-state index in [-0.39, 0.29) is 63.0 Å². The van der Waals surface area contributed by atoms with Crippen LogP contribution in [0.4, 0.5) is 0 Å². The van der Waals surface area contributed by atoms with E-state index >= 15 is 0 Å². The second kappa shape index (κ2) is 9.26. The Labute approximate surface area is 200 Å². The first kappa shape index (κ1) is 23.4. The molecule has 176 valence electrons. The Balaban J connectivity index is 1.88. The molecule has 2 aromatic carbocycles. The smallest absolute Gasteiger partial charge is 0.352 e. The molecule has 0 aliphatic heterocycles. The Kier molecular flexibility index (Phi) is 6.20. The van der Waals surface area contributed by atoms with Crippen LogP contribution in [0, 0.1) is 13.8 Å². The van der Waals surface area contributed by atoms with Crippen LogP contribution in [0.5, 0.6) is 0 Å². The molecule has 0 bridgehead atoms. The van der Waals surface area contributed by atoms with Crippen molar-refractivity contribution in [2.45, 2.75) is 20.3 Å². The van der Waals surface area contributed by atoms with E-state index in [0.29, 0.717) is 11.1 Å². The number of carbonyl (C=O) groups excluding carboxylic acids is 2. The average molecular weight is 470 g/mol. The predicted molar refractivity (Wildman–Crippen MR) is 128 cm³/mol. The van der Waals surface area contributed by atoms with Crippen molar-refractivity contribution < 1.29 is 29.4 Å². The summed E-state index contributed by atoms with van der Waals surface area (Å²) in [6.45, 7) is 3.08. The first-order chi connectivity index (χ1) is 16.7. The fourth-order valence-electron chi connectivity index (χ4n) is 4.27. The number of carbonyl (C=O) groups is 4. The number of hydrogen-bond donors (Lipinski definition) is 4. The molecule has 0 radical (unpaired) electrons. The van der Waals surface area contributed by atoms with Gasteiger partial charge >= 0.3 is 11.9 Å². The van der Waals surface area contributed by atoms with Crippen molar-refractivity contribution >= 4 is 23.5 Å². The highest BCUT2D eigenvalue weighted by atomic mass is 16.4. The van der Waals surface area contributed by atoms with Crippen molar-refractivity contribution in [3.8, 4) is 0 Å². The van der Waals surface area contributed by atoms with E-state index in [1.165, 1.54) is 13.8 Å². The van der Waals surface area contributed by atoms with Crippen LogP contribution >= 0.6 is 0 Å². The van der Waals surface area contributed by atoms with Crippen molar-refractivity contribution in [3.63, 3.8) is 0 Å². The number of hydrogen-bond acceptors (Lipinski definition) is 4. The summed E-state index contributed by atoms with van der Waals surface area (Å²) in [7, 11) is 0. The Morgan fingerprint density at radius 3 is 1.29 bits per heavy atom. The van der Waals surface area contributed by atoms with Crippen molar-refractivity contribution in [2.24, 2.45) is 0 Å². The number of H-pyrrole nitrogens is 2. The van der Waals surface area contributed by atoms with Gasteiger partial charge in [-0.3, -0.25) is 9.59 Å². The van der Waals surface area contributed by atoms with E-state index in [9.17, 15) is 29.4 Å². The van der Waals surface area contributed by atoms with Gasteiger partial charge in [0.2, 0.25) is 0 Å². The molecule has 2 aromatic heterocycles. The highest BCUT2D eigenvalue weighted by molar-refractivity contribution is 6.13. The normalized spacial score (nSPS) is 10.8. The van der Waals surface area contributed by atoms with Gasteiger partial charge in [0.1, 0.15) is 11.4 Å². The lowest BCUT2D eigenvalue weighted by Gasteiger charge is -2.08. The molecule has 35 heavy (non-hydrogen) atoms. The van der Waals surface area contributed by atoms with Crippen LogP contribution in [0.3, 0.4) is 0 Å². The van der Waals surface area contributed by atoms with Gasteiger partial charge in [0.15, 0.2) is 11.6 Å². The van der Waals surface area contributed by atoms with Crippen LogP contribution in [0.2, 0.25) is 0 Å². The third-order valence-corrected chi connectivity index (χ3v) is 5.96. The van der Waals surface area contributed by atoms with Crippen LogP contribution in [-0.2, 0) is 6.42 Å². The number of rotatable bonds is 8. The predicted octanol–water partition coefficient (Wildman–Crippen LogP) is 4.41. The zero-order valence-electron chi connectivity index (χ0n) is 19.0. The fraction of sp³-hybridized carbons (Fsp3) is 0.111. The standard InChI is InChI=1S/C27H22N2O6/c1-14-20(24(30)16-9-5-3-6-10-16)18(28-22(14)26(32)33)13-19-21(15(2)23(29-19)27(34)35)25(31)17-11-7-4-8-12-17/h3-12,28-29H,13H2,1-2H3,(H,32,33)(H,34,35). The number of nitrogens with one attached hydrogen (secondary N) is 2. The number of aromatic nitrogens is 2. The summed E-state index contributed by atoms with van der Waals surface area (Å²) in [6.07, 6.45) is -0.0793. The molecular weight excluding hydrogens is 448 g/mol. The first-order valence-corrected chi connectivity index (χ1v) is 10.8.